The topological polar surface area (TPSA) is 50.8 Å². The van der Waals surface area contributed by atoms with Crippen molar-refractivity contribution in [2.75, 3.05) is 20.8 Å². The first-order valence-corrected chi connectivity index (χ1v) is 10.9. The maximum Gasteiger partial charge on any atom is 0.318 e. The quantitative estimate of drug-likeness (QED) is 0.787. The van der Waals surface area contributed by atoms with E-state index in [1.165, 1.54) is 36.1 Å². The van der Waals surface area contributed by atoms with Crippen LogP contribution in [0.1, 0.15) is 47.7 Å². The number of methoxy groups -OCH3 is 2. The number of hydrogen-bond acceptors (Lipinski definition) is 4. The van der Waals surface area contributed by atoms with Gasteiger partial charge < -0.3 is 19.7 Å². The number of urea groups is 1. The number of hydrogen-bond donors (Lipinski definition) is 1. The van der Waals surface area contributed by atoms with Crippen molar-refractivity contribution in [1.82, 2.24) is 10.2 Å². The molecular formula is C22H28N2O3S. The van der Waals surface area contributed by atoms with E-state index in [0.717, 1.165) is 24.3 Å². The second-order valence-corrected chi connectivity index (χ2v) is 8.61. The Bertz CT molecular complexity index is 815. The number of benzene rings is 1. The number of rotatable bonds is 5. The van der Waals surface area contributed by atoms with E-state index in [0.29, 0.717) is 18.2 Å². The van der Waals surface area contributed by atoms with Gasteiger partial charge in [-0.1, -0.05) is 18.9 Å². The summed E-state index contributed by atoms with van der Waals surface area (Å²) in [6.45, 7) is 1.32. The summed E-state index contributed by atoms with van der Waals surface area (Å²) < 4.78 is 10.8. The average Bonchev–Trinajstić information content (AvgIpc) is 3.44. The molecule has 2 aromatic rings. The van der Waals surface area contributed by atoms with E-state index in [1.807, 2.05) is 17.0 Å². The Balaban J connectivity index is 1.49. The van der Waals surface area contributed by atoms with Crippen LogP contribution >= 0.6 is 11.3 Å². The third-order valence-electron chi connectivity index (χ3n) is 6.01. The van der Waals surface area contributed by atoms with Crippen molar-refractivity contribution < 1.29 is 14.3 Å². The summed E-state index contributed by atoms with van der Waals surface area (Å²) in [7, 11) is 3.30. The molecule has 2 amide bonds. The molecule has 1 atom stereocenters. The molecule has 150 valence electrons. The predicted molar refractivity (Wildman–Crippen MR) is 111 cm³/mol. The summed E-state index contributed by atoms with van der Waals surface area (Å²) in [6.07, 6.45) is 5.75. The van der Waals surface area contributed by atoms with Crippen LogP contribution in [0.3, 0.4) is 0 Å². The van der Waals surface area contributed by atoms with E-state index >= 15 is 0 Å². The van der Waals surface area contributed by atoms with Gasteiger partial charge in [0.15, 0.2) is 11.5 Å². The molecule has 1 N–H and O–H groups in total. The molecule has 1 aromatic heterocycles. The molecule has 0 saturated heterocycles. The summed E-state index contributed by atoms with van der Waals surface area (Å²) in [5.74, 6) is 2.01. The molecule has 1 unspecified atom stereocenters. The predicted octanol–water partition coefficient (Wildman–Crippen LogP) is 4.76. The van der Waals surface area contributed by atoms with Crippen LogP contribution in [0.2, 0.25) is 0 Å². The van der Waals surface area contributed by atoms with Crippen molar-refractivity contribution in [3.63, 3.8) is 0 Å². The first-order valence-electron chi connectivity index (χ1n) is 10.0. The smallest absolute Gasteiger partial charge is 0.318 e. The molecule has 1 aromatic carbocycles. The summed E-state index contributed by atoms with van der Waals surface area (Å²) >= 11 is 1.74. The number of nitrogens with zero attached hydrogens (tertiary/aromatic N) is 1. The third-order valence-corrected chi connectivity index (χ3v) is 6.96. The van der Waals surface area contributed by atoms with Crippen LogP contribution in [-0.2, 0) is 13.0 Å². The first-order chi connectivity index (χ1) is 13.7. The molecule has 5 nitrogen and oxygen atoms in total. The van der Waals surface area contributed by atoms with Crippen molar-refractivity contribution in [2.24, 2.45) is 5.92 Å². The van der Waals surface area contributed by atoms with Gasteiger partial charge in [0, 0.05) is 18.0 Å². The molecule has 2 aliphatic rings. The Labute approximate surface area is 170 Å². The Kier molecular flexibility index (Phi) is 5.76. The van der Waals surface area contributed by atoms with Gasteiger partial charge in [-0.25, -0.2) is 4.79 Å². The second-order valence-electron chi connectivity index (χ2n) is 7.63. The van der Waals surface area contributed by atoms with Crippen molar-refractivity contribution in [3.8, 4) is 11.5 Å². The van der Waals surface area contributed by atoms with Gasteiger partial charge in [0.25, 0.3) is 0 Å². The Morgan fingerprint density at radius 2 is 1.89 bits per heavy atom. The molecule has 2 heterocycles. The molecule has 0 bridgehead atoms. The molecular weight excluding hydrogens is 372 g/mol. The minimum atomic E-state index is 0.0331. The average molecular weight is 401 g/mol. The minimum Gasteiger partial charge on any atom is -0.493 e. The normalized spacial score (nSPS) is 17.9. The summed E-state index contributed by atoms with van der Waals surface area (Å²) in [5.41, 5.74) is 2.36. The van der Waals surface area contributed by atoms with E-state index in [2.05, 4.69) is 22.8 Å². The highest BCUT2D eigenvalue weighted by Gasteiger charge is 2.31. The molecule has 28 heavy (non-hydrogen) atoms. The van der Waals surface area contributed by atoms with Gasteiger partial charge in [-0.3, -0.25) is 0 Å². The summed E-state index contributed by atoms with van der Waals surface area (Å²) in [5, 5.41) is 5.45. The SMILES string of the molecule is COc1cc2c(cc1OC)CN(C(=O)NC(c1cccs1)C1CCCC1)CC2. The maximum atomic E-state index is 13.1. The van der Waals surface area contributed by atoms with E-state index in [1.54, 1.807) is 25.6 Å². The summed E-state index contributed by atoms with van der Waals surface area (Å²) in [6, 6.07) is 8.42. The number of nitrogens with one attached hydrogen (secondary N) is 1. The molecule has 1 aliphatic carbocycles. The number of carbonyl (C=O) groups excluding carboxylic acids is 1. The van der Waals surface area contributed by atoms with E-state index in [4.69, 9.17) is 9.47 Å². The molecule has 1 saturated carbocycles. The molecule has 0 radical (unpaired) electrons. The van der Waals surface area contributed by atoms with Crippen LogP contribution < -0.4 is 14.8 Å². The van der Waals surface area contributed by atoms with Gasteiger partial charge >= 0.3 is 6.03 Å². The lowest BCUT2D eigenvalue weighted by molar-refractivity contribution is 0.183. The number of amides is 2. The number of fused-ring (bicyclic) bond motifs is 1. The fourth-order valence-electron chi connectivity index (χ4n) is 4.46. The lowest BCUT2D eigenvalue weighted by atomic mass is 9.96. The number of ether oxygens (including phenoxy) is 2. The minimum absolute atomic E-state index is 0.0331. The van der Waals surface area contributed by atoms with Crippen LogP contribution in [0.5, 0.6) is 11.5 Å². The zero-order valence-corrected chi connectivity index (χ0v) is 17.4. The summed E-state index contributed by atoms with van der Waals surface area (Å²) in [4.78, 5) is 16.3. The number of carbonyl (C=O) groups is 1. The third kappa shape index (κ3) is 3.83. The van der Waals surface area contributed by atoms with Crippen LogP contribution in [0.4, 0.5) is 4.79 Å². The van der Waals surface area contributed by atoms with E-state index in [9.17, 15) is 4.79 Å². The monoisotopic (exact) mass is 400 g/mol. The van der Waals surface area contributed by atoms with E-state index < -0.39 is 0 Å². The van der Waals surface area contributed by atoms with Crippen molar-refractivity contribution in [1.29, 1.82) is 0 Å². The Hall–Kier alpha value is -2.21. The fraction of sp³-hybridized carbons (Fsp3) is 0.500. The molecule has 1 aliphatic heterocycles. The first kappa shape index (κ1) is 19.1. The van der Waals surface area contributed by atoms with Crippen LogP contribution in [0.15, 0.2) is 29.6 Å². The molecule has 1 fully saturated rings. The van der Waals surface area contributed by atoms with Crippen molar-refractivity contribution in [3.05, 3.63) is 45.6 Å². The molecule has 0 spiro atoms. The van der Waals surface area contributed by atoms with Crippen LogP contribution in [0, 0.1) is 5.92 Å². The number of thiophene rings is 1. The van der Waals surface area contributed by atoms with Gasteiger partial charge in [-0.15, -0.1) is 11.3 Å². The fourth-order valence-corrected chi connectivity index (χ4v) is 5.33. The lowest BCUT2D eigenvalue weighted by Crippen LogP contribution is -2.45. The lowest BCUT2D eigenvalue weighted by Gasteiger charge is -2.32. The van der Waals surface area contributed by atoms with E-state index in [-0.39, 0.29) is 12.1 Å². The van der Waals surface area contributed by atoms with Crippen LogP contribution in [-0.4, -0.2) is 31.7 Å². The highest BCUT2D eigenvalue weighted by Crippen LogP contribution is 2.38. The highest BCUT2D eigenvalue weighted by atomic mass is 32.1. The van der Waals surface area contributed by atoms with Crippen LogP contribution in [0.25, 0.3) is 0 Å². The van der Waals surface area contributed by atoms with Crippen molar-refractivity contribution >= 4 is 17.4 Å². The zero-order valence-electron chi connectivity index (χ0n) is 16.6. The van der Waals surface area contributed by atoms with Gasteiger partial charge in [-0.2, -0.15) is 0 Å². The van der Waals surface area contributed by atoms with Gasteiger partial charge in [-0.05, 0) is 59.9 Å². The molecule has 4 rings (SSSR count). The second kappa shape index (κ2) is 8.43. The van der Waals surface area contributed by atoms with Gasteiger partial charge in [0.1, 0.15) is 0 Å². The highest BCUT2D eigenvalue weighted by molar-refractivity contribution is 7.10. The zero-order chi connectivity index (χ0) is 19.5. The Morgan fingerprint density at radius 1 is 1.18 bits per heavy atom. The van der Waals surface area contributed by atoms with Gasteiger partial charge in [0.05, 0.1) is 20.3 Å². The maximum absolute atomic E-state index is 13.1. The van der Waals surface area contributed by atoms with Crippen molar-refractivity contribution in [2.45, 2.75) is 44.7 Å². The molecule has 6 heteroatoms. The largest absolute Gasteiger partial charge is 0.493 e. The Morgan fingerprint density at radius 3 is 2.54 bits per heavy atom. The van der Waals surface area contributed by atoms with Gasteiger partial charge in [0.2, 0.25) is 0 Å². The standard InChI is InChI=1S/C22H28N2O3S/c1-26-18-12-16-9-10-24(14-17(16)13-19(18)27-2)22(25)23-21(15-6-3-4-7-15)20-8-5-11-28-20/h5,8,11-13,15,21H,3-4,6-7,9-10,14H2,1-2H3,(H,23,25).